The van der Waals surface area contributed by atoms with Gasteiger partial charge in [-0.25, -0.2) is 0 Å². The van der Waals surface area contributed by atoms with Crippen LogP contribution >= 0.6 is 11.5 Å². The van der Waals surface area contributed by atoms with Crippen LogP contribution in [-0.4, -0.2) is 22.0 Å². The monoisotopic (exact) mass is 274 g/mol. The molecule has 1 aromatic heterocycles. The number of hydrogen-bond donors (Lipinski definition) is 1. The molecular formula is C13H14N4OS. The van der Waals surface area contributed by atoms with Gasteiger partial charge >= 0.3 is 0 Å². The van der Waals surface area contributed by atoms with Gasteiger partial charge < -0.3 is 10.6 Å². The predicted molar refractivity (Wildman–Crippen MR) is 75.5 cm³/mol. The Morgan fingerprint density at radius 1 is 1.47 bits per heavy atom. The largest absolute Gasteiger partial charge is 0.399 e. The van der Waals surface area contributed by atoms with Crippen LogP contribution in [0.25, 0.3) is 0 Å². The van der Waals surface area contributed by atoms with Crippen molar-refractivity contribution in [2.24, 2.45) is 0 Å². The minimum atomic E-state index is -0.0155. The van der Waals surface area contributed by atoms with Gasteiger partial charge in [-0.2, -0.15) is 0 Å². The van der Waals surface area contributed by atoms with E-state index in [9.17, 15) is 4.79 Å². The van der Waals surface area contributed by atoms with Crippen LogP contribution in [0, 0.1) is 6.92 Å². The standard InChI is InChI=1S/C13H14N4OS/c1-8-12(19-16-15-8)13(18)17-6-2-3-9-7-10(14)4-5-11(9)17/h4-5,7H,2-3,6,14H2,1H3. The maximum absolute atomic E-state index is 12.6. The normalized spacial score (nSPS) is 14.3. The average molecular weight is 274 g/mol. The molecule has 2 heterocycles. The first-order valence-electron chi connectivity index (χ1n) is 6.16. The van der Waals surface area contributed by atoms with Gasteiger partial charge in [0, 0.05) is 17.9 Å². The quantitative estimate of drug-likeness (QED) is 0.807. The van der Waals surface area contributed by atoms with E-state index in [1.54, 1.807) is 4.90 Å². The van der Waals surface area contributed by atoms with Gasteiger partial charge in [0.05, 0.1) is 5.69 Å². The van der Waals surface area contributed by atoms with E-state index < -0.39 is 0 Å². The fourth-order valence-electron chi connectivity index (χ4n) is 2.38. The van der Waals surface area contributed by atoms with Gasteiger partial charge in [-0.3, -0.25) is 4.79 Å². The molecule has 0 saturated carbocycles. The van der Waals surface area contributed by atoms with Crippen molar-refractivity contribution in [3.8, 4) is 0 Å². The van der Waals surface area contributed by atoms with E-state index in [1.165, 1.54) is 0 Å². The van der Waals surface area contributed by atoms with E-state index in [0.717, 1.165) is 47.9 Å². The van der Waals surface area contributed by atoms with Crippen LogP contribution in [-0.2, 0) is 6.42 Å². The van der Waals surface area contributed by atoms with Crippen molar-refractivity contribution in [2.75, 3.05) is 17.2 Å². The van der Waals surface area contributed by atoms with Gasteiger partial charge in [0.2, 0.25) is 0 Å². The van der Waals surface area contributed by atoms with Crippen molar-refractivity contribution in [3.05, 3.63) is 34.3 Å². The zero-order valence-corrected chi connectivity index (χ0v) is 11.4. The number of carbonyl (C=O) groups is 1. The second-order valence-electron chi connectivity index (χ2n) is 4.64. The zero-order chi connectivity index (χ0) is 13.4. The topological polar surface area (TPSA) is 72.1 Å². The third kappa shape index (κ3) is 2.08. The van der Waals surface area contributed by atoms with Crippen molar-refractivity contribution in [2.45, 2.75) is 19.8 Å². The minimum absolute atomic E-state index is 0.0155. The number of amides is 1. The summed E-state index contributed by atoms with van der Waals surface area (Å²) in [6, 6.07) is 5.71. The first-order chi connectivity index (χ1) is 9.16. The Balaban J connectivity index is 2.00. The third-order valence-electron chi connectivity index (χ3n) is 3.31. The lowest BCUT2D eigenvalue weighted by molar-refractivity contribution is 0.0988. The Morgan fingerprint density at radius 3 is 3.05 bits per heavy atom. The molecule has 2 N–H and O–H groups in total. The molecule has 3 rings (SSSR count). The highest BCUT2D eigenvalue weighted by Gasteiger charge is 2.26. The van der Waals surface area contributed by atoms with Crippen LogP contribution < -0.4 is 10.6 Å². The van der Waals surface area contributed by atoms with Crippen molar-refractivity contribution < 1.29 is 4.79 Å². The van der Waals surface area contributed by atoms with E-state index in [2.05, 4.69) is 9.59 Å². The molecule has 0 fully saturated rings. The maximum Gasteiger partial charge on any atom is 0.271 e. The molecule has 1 aromatic carbocycles. The van der Waals surface area contributed by atoms with Crippen molar-refractivity contribution >= 4 is 28.8 Å². The van der Waals surface area contributed by atoms with Crippen molar-refractivity contribution in [3.63, 3.8) is 0 Å². The highest BCUT2D eigenvalue weighted by Crippen LogP contribution is 2.30. The summed E-state index contributed by atoms with van der Waals surface area (Å²) in [7, 11) is 0. The molecule has 0 spiro atoms. The summed E-state index contributed by atoms with van der Waals surface area (Å²) >= 11 is 1.15. The van der Waals surface area contributed by atoms with Crippen LogP contribution in [0.4, 0.5) is 11.4 Å². The lowest BCUT2D eigenvalue weighted by Crippen LogP contribution is -2.35. The Hall–Kier alpha value is -1.95. The van der Waals surface area contributed by atoms with Gasteiger partial charge in [0.15, 0.2) is 0 Å². The van der Waals surface area contributed by atoms with Crippen LogP contribution in [0.5, 0.6) is 0 Å². The highest BCUT2D eigenvalue weighted by atomic mass is 32.1. The van der Waals surface area contributed by atoms with Crippen LogP contribution in [0.2, 0.25) is 0 Å². The van der Waals surface area contributed by atoms with E-state index >= 15 is 0 Å². The Labute approximate surface area is 115 Å². The highest BCUT2D eigenvalue weighted by molar-refractivity contribution is 7.08. The second kappa shape index (κ2) is 4.62. The summed E-state index contributed by atoms with van der Waals surface area (Å²) < 4.78 is 3.83. The molecule has 2 aromatic rings. The number of carbonyl (C=O) groups excluding carboxylic acids is 1. The number of nitrogens with zero attached hydrogens (tertiary/aromatic N) is 3. The molecule has 6 heteroatoms. The van der Waals surface area contributed by atoms with E-state index in [1.807, 2.05) is 25.1 Å². The number of benzene rings is 1. The molecule has 19 heavy (non-hydrogen) atoms. The summed E-state index contributed by atoms with van der Waals surface area (Å²) in [5.74, 6) is -0.0155. The Kier molecular flexibility index (Phi) is 2.94. The van der Waals surface area contributed by atoms with Gasteiger partial charge in [0.25, 0.3) is 5.91 Å². The Bertz CT molecular complexity index is 637. The van der Waals surface area contributed by atoms with Crippen molar-refractivity contribution in [1.82, 2.24) is 9.59 Å². The first kappa shape index (κ1) is 12.1. The fourth-order valence-corrected chi connectivity index (χ4v) is 2.98. The number of aryl methyl sites for hydroxylation is 2. The minimum Gasteiger partial charge on any atom is -0.399 e. The average Bonchev–Trinajstić information content (AvgIpc) is 2.83. The number of hydrogen-bond acceptors (Lipinski definition) is 5. The molecular weight excluding hydrogens is 260 g/mol. The summed E-state index contributed by atoms with van der Waals surface area (Å²) in [5.41, 5.74) is 9.32. The smallest absolute Gasteiger partial charge is 0.271 e. The molecule has 0 unspecified atom stereocenters. The molecule has 1 amide bonds. The van der Waals surface area contributed by atoms with E-state index in [-0.39, 0.29) is 5.91 Å². The second-order valence-corrected chi connectivity index (χ2v) is 5.39. The molecule has 1 aliphatic heterocycles. The number of rotatable bonds is 1. The zero-order valence-electron chi connectivity index (χ0n) is 10.6. The van der Waals surface area contributed by atoms with Gasteiger partial charge in [-0.15, -0.1) is 5.10 Å². The molecule has 0 atom stereocenters. The molecule has 0 radical (unpaired) electrons. The molecule has 1 aliphatic rings. The number of fused-ring (bicyclic) bond motifs is 1. The summed E-state index contributed by atoms with van der Waals surface area (Å²) in [6.07, 6.45) is 1.91. The van der Waals surface area contributed by atoms with E-state index in [0.29, 0.717) is 10.6 Å². The molecule has 5 nitrogen and oxygen atoms in total. The van der Waals surface area contributed by atoms with Crippen molar-refractivity contribution in [1.29, 1.82) is 0 Å². The van der Waals surface area contributed by atoms with Gasteiger partial charge in [-0.05, 0) is 55.1 Å². The van der Waals surface area contributed by atoms with Gasteiger partial charge in [-0.1, -0.05) is 4.49 Å². The van der Waals surface area contributed by atoms with Crippen LogP contribution in [0.15, 0.2) is 18.2 Å². The SMILES string of the molecule is Cc1nnsc1C(=O)N1CCCc2cc(N)ccc21. The number of nitrogens with two attached hydrogens (primary N) is 1. The lowest BCUT2D eigenvalue weighted by Gasteiger charge is -2.29. The predicted octanol–water partition coefficient (Wildman–Crippen LogP) is 2.02. The first-order valence-corrected chi connectivity index (χ1v) is 6.93. The van der Waals surface area contributed by atoms with Crippen LogP contribution in [0.3, 0.4) is 0 Å². The van der Waals surface area contributed by atoms with E-state index in [4.69, 9.17) is 5.73 Å². The lowest BCUT2D eigenvalue weighted by atomic mass is 10.0. The maximum atomic E-state index is 12.6. The summed E-state index contributed by atoms with van der Waals surface area (Å²) in [4.78, 5) is 15.0. The number of anilines is 2. The summed E-state index contributed by atoms with van der Waals surface area (Å²) in [6.45, 7) is 2.54. The number of aromatic nitrogens is 2. The van der Waals surface area contributed by atoms with Crippen LogP contribution in [0.1, 0.15) is 27.3 Å². The summed E-state index contributed by atoms with van der Waals surface area (Å²) in [5, 5.41) is 3.90. The fraction of sp³-hybridized carbons (Fsp3) is 0.308. The molecule has 0 saturated heterocycles. The molecule has 0 aliphatic carbocycles. The third-order valence-corrected chi connectivity index (χ3v) is 4.13. The molecule has 0 bridgehead atoms. The Morgan fingerprint density at radius 2 is 2.32 bits per heavy atom. The number of nitrogen functional groups attached to an aromatic ring is 1. The van der Waals surface area contributed by atoms with Gasteiger partial charge in [0.1, 0.15) is 4.88 Å². The molecule has 98 valence electrons.